The van der Waals surface area contributed by atoms with E-state index in [0.717, 1.165) is 109 Å². The molecule has 1 aromatic heterocycles. The maximum atomic E-state index is 13.6. The van der Waals surface area contributed by atoms with Crippen molar-refractivity contribution in [2.45, 2.75) is 42.0 Å². The lowest BCUT2D eigenvalue weighted by Gasteiger charge is -2.37. The minimum Gasteiger partial charge on any atom is -0.478 e. The van der Waals surface area contributed by atoms with Gasteiger partial charge in [0.05, 0.1) is 27.5 Å². The Labute approximate surface area is 373 Å². The van der Waals surface area contributed by atoms with Crippen LogP contribution in [0.4, 0.5) is 28.4 Å². The summed E-state index contributed by atoms with van der Waals surface area (Å²) in [6.07, 6.45) is 2.95. The molecule has 0 unspecified atom stereocenters. The highest BCUT2D eigenvalue weighted by molar-refractivity contribution is 8.00. The monoisotopic (exact) mass is 889 g/mol. The lowest BCUT2D eigenvalue weighted by Crippen LogP contribution is -2.46. The number of nitrogens with two attached hydrogens (primary N) is 1. The zero-order valence-corrected chi connectivity index (χ0v) is 37.6. The molecular formula is C48H52ClN7O4S2. The second kappa shape index (κ2) is 18.4. The first-order valence-electron chi connectivity index (χ1n) is 20.9. The van der Waals surface area contributed by atoms with Gasteiger partial charge in [-0.25, -0.2) is 13.2 Å². The Bertz CT molecular complexity index is 2650. The van der Waals surface area contributed by atoms with E-state index in [1.54, 1.807) is 36.2 Å². The molecule has 2 heterocycles. The number of piperazine rings is 1. The summed E-state index contributed by atoms with van der Waals surface area (Å²) in [6.45, 7) is 6.57. The van der Waals surface area contributed by atoms with E-state index in [9.17, 15) is 18.3 Å². The Morgan fingerprint density at radius 1 is 0.823 bits per heavy atom. The van der Waals surface area contributed by atoms with Gasteiger partial charge >= 0.3 is 5.97 Å². The largest absolute Gasteiger partial charge is 0.478 e. The van der Waals surface area contributed by atoms with Crippen LogP contribution in [0.25, 0.3) is 22.4 Å². The van der Waals surface area contributed by atoms with Crippen molar-refractivity contribution in [2.75, 3.05) is 77.9 Å². The predicted molar refractivity (Wildman–Crippen MR) is 256 cm³/mol. The Morgan fingerprint density at radius 2 is 1.50 bits per heavy atom. The van der Waals surface area contributed by atoms with Crippen LogP contribution in [0.15, 0.2) is 131 Å². The number of carbonyl (C=O) groups is 1. The van der Waals surface area contributed by atoms with E-state index in [2.05, 4.69) is 40.4 Å². The molecule has 14 heteroatoms. The van der Waals surface area contributed by atoms with Crippen molar-refractivity contribution in [2.24, 2.45) is 0 Å². The van der Waals surface area contributed by atoms with Crippen molar-refractivity contribution in [1.82, 2.24) is 9.47 Å². The number of sulfonamides is 1. The Kier molecular flexibility index (Phi) is 12.8. The molecule has 0 atom stereocenters. The van der Waals surface area contributed by atoms with Crippen LogP contribution in [-0.2, 0) is 10.0 Å². The fraction of sp³-hybridized carbons (Fsp3) is 0.271. The molecule has 1 saturated carbocycles. The first-order valence-corrected chi connectivity index (χ1v) is 23.5. The third kappa shape index (κ3) is 9.56. The van der Waals surface area contributed by atoms with E-state index in [4.69, 9.17) is 17.3 Å². The van der Waals surface area contributed by atoms with Gasteiger partial charge in [0.2, 0.25) is 0 Å². The smallest absolute Gasteiger partial charge is 0.338 e. The summed E-state index contributed by atoms with van der Waals surface area (Å²) in [7, 11) is 0.171. The van der Waals surface area contributed by atoms with Crippen LogP contribution in [0.1, 0.15) is 41.4 Å². The number of nitrogen functional groups attached to an aromatic ring is 1. The number of rotatable bonds is 16. The first kappa shape index (κ1) is 43.1. The second-order valence-electron chi connectivity index (χ2n) is 16.2. The molecule has 5 aromatic carbocycles. The summed E-state index contributed by atoms with van der Waals surface area (Å²) in [5.74, 6) is -0.934. The van der Waals surface area contributed by atoms with E-state index in [1.807, 2.05) is 99.9 Å². The molecule has 0 bridgehead atoms. The molecule has 0 amide bonds. The van der Waals surface area contributed by atoms with Crippen LogP contribution in [0, 0.1) is 6.92 Å². The topological polar surface area (TPSA) is 127 Å². The number of benzene rings is 5. The SMILES string of the molecule is Cc1c(C(=O)O)c(-c2cccc(N3CCN(c4ccc(NS(=O)(=O)c5ccc(N(CCCN(C)C)Sc6ccccc6)c(N)c5)cc4)CC3)c2)c(-c2ccc(Cl)cc2)n1C1CC1. The lowest BCUT2D eigenvalue weighted by atomic mass is 9.96. The Hall–Kier alpha value is -5.60. The number of hydrogen-bond acceptors (Lipinski definition) is 9. The minimum absolute atomic E-state index is 0.0944. The van der Waals surface area contributed by atoms with Gasteiger partial charge < -0.3 is 34.4 Å². The number of carboxylic acids is 1. The van der Waals surface area contributed by atoms with Crippen molar-refractivity contribution in [3.8, 4) is 22.4 Å². The summed E-state index contributed by atoms with van der Waals surface area (Å²) >= 11 is 7.85. The minimum atomic E-state index is -3.92. The summed E-state index contributed by atoms with van der Waals surface area (Å²) in [6, 6.07) is 38.6. The highest BCUT2D eigenvalue weighted by atomic mass is 35.5. The van der Waals surface area contributed by atoms with E-state index in [-0.39, 0.29) is 10.9 Å². The molecule has 1 aliphatic heterocycles. The maximum Gasteiger partial charge on any atom is 0.338 e. The molecule has 0 spiro atoms. The van der Waals surface area contributed by atoms with Crippen LogP contribution in [0.2, 0.25) is 5.02 Å². The third-order valence-electron chi connectivity index (χ3n) is 11.5. The molecule has 62 heavy (non-hydrogen) atoms. The number of hydrogen-bond donors (Lipinski definition) is 3. The number of aromatic carboxylic acids is 1. The summed E-state index contributed by atoms with van der Waals surface area (Å²) in [5.41, 5.74) is 14.8. The van der Waals surface area contributed by atoms with Gasteiger partial charge in [0, 0.05) is 77.0 Å². The predicted octanol–water partition coefficient (Wildman–Crippen LogP) is 9.99. The second-order valence-corrected chi connectivity index (χ2v) is 19.4. The molecule has 2 aliphatic rings. The van der Waals surface area contributed by atoms with Crippen LogP contribution in [0.5, 0.6) is 0 Å². The van der Waals surface area contributed by atoms with E-state index < -0.39 is 16.0 Å². The van der Waals surface area contributed by atoms with E-state index >= 15 is 0 Å². The van der Waals surface area contributed by atoms with Gasteiger partial charge in [-0.3, -0.25) is 4.72 Å². The van der Waals surface area contributed by atoms with Gasteiger partial charge in [0.25, 0.3) is 10.0 Å². The molecule has 11 nitrogen and oxygen atoms in total. The van der Waals surface area contributed by atoms with Gasteiger partial charge in [0.1, 0.15) is 0 Å². The molecular weight excluding hydrogens is 838 g/mol. The van der Waals surface area contributed by atoms with E-state index in [1.165, 1.54) is 6.07 Å². The van der Waals surface area contributed by atoms with Crippen molar-refractivity contribution in [3.05, 3.63) is 138 Å². The van der Waals surface area contributed by atoms with Crippen molar-refractivity contribution >= 4 is 68.0 Å². The number of halogens is 1. The standard InChI is InChI=1S/C48H52ClN7O4S2/c1-33-45(48(57)58)46(47(56(33)39-21-22-39)34-13-15-36(49)16-14-34)35-9-7-10-40(31-35)54-29-27-53(28-30-54)38-19-17-37(18-20-38)51-62(59,60)42-23-24-44(43(50)32-42)55(26-8-25-52(2)3)61-41-11-5-4-6-12-41/h4-7,9-20,23-24,31-32,39,51H,8,21-22,25-30,50H2,1-3H3,(H,57,58). The van der Waals surface area contributed by atoms with Gasteiger partial charge in [-0.15, -0.1) is 0 Å². The van der Waals surface area contributed by atoms with Crippen LogP contribution < -0.4 is 24.6 Å². The average molecular weight is 891 g/mol. The normalized spacial score (nSPS) is 14.3. The van der Waals surface area contributed by atoms with Crippen molar-refractivity contribution < 1.29 is 18.3 Å². The van der Waals surface area contributed by atoms with Crippen LogP contribution >= 0.6 is 23.5 Å². The summed E-state index contributed by atoms with van der Waals surface area (Å²) < 4.78 is 34.3. The molecule has 4 N–H and O–H groups in total. The fourth-order valence-corrected chi connectivity index (χ4v) is 10.5. The van der Waals surface area contributed by atoms with Crippen LogP contribution in [-0.4, -0.2) is 82.3 Å². The maximum absolute atomic E-state index is 13.6. The zero-order chi connectivity index (χ0) is 43.5. The zero-order valence-electron chi connectivity index (χ0n) is 35.2. The van der Waals surface area contributed by atoms with Gasteiger partial charge in [-0.2, -0.15) is 0 Å². The van der Waals surface area contributed by atoms with Gasteiger partial charge in [-0.05, 0) is 149 Å². The molecule has 1 aliphatic carbocycles. The van der Waals surface area contributed by atoms with Crippen LogP contribution in [0.3, 0.4) is 0 Å². The van der Waals surface area contributed by atoms with Crippen molar-refractivity contribution in [3.63, 3.8) is 0 Å². The molecule has 8 rings (SSSR count). The molecule has 2 fully saturated rings. The average Bonchev–Trinajstić information content (AvgIpc) is 4.05. The quantitative estimate of drug-likeness (QED) is 0.0639. The fourth-order valence-electron chi connectivity index (χ4n) is 8.25. The molecule has 0 radical (unpaired) electrons. The first-order chi connectivity index (χ1) is 29.9. The number of anilines is 5. The highest BCUT2D eigenvalue weighted by Gasteiger charge is 2.34. The highest BCUT2D eigenvalue weighted by Crippen LogP contribution is 2.48. The summed E-state index contributed by atoms with van der Waals surface area (Å²) in [5, 5.41) is 11.2. The van der Waals surface area contributed by atoms with Gasteiger partial charge in [-0.1, -0.05) is 54.1 Å². The van der Waals surface area contributed by atoms with E-state index in [0.29, 0.717) is 22.0 Å². The third-order valence-corrected chi connectivity index (χ3v) is 14.2. The lowest BCUT2D eigenvalue weighted by molar-refractivity contribution is 0.0696. The summed E-state index contributed by atoms with van der Waals surface area (Å²) in [4.78, 5) is 20.8. The molecule has 322 valence electrons. The number of carboxylic acid groups (broad SMARTS) is 1. The molecule has 6 aromatic rings. The van der Waals surface area contributed by atoms with Crippen molar-refractivity contribution in [1.29, 1.82) is 0 Å². The Morgan fingerprint density at radius 3 is 2.13 bits per heavy atom. The number of nitrogens with zero attached hydrogens (tertiary/aromatic N) is 5. The number of aromatic nitrogens is 1. The molecule has 1 saturated heterocycles. The van der Waals surface area contributed by atoms with Gasteiger partial charge in [0.15, 0.2) is 0 Å². The Balaban J connectivity index is 0.938. The number of nitrogens with one attached hydrogen (secondary N) is 1.